The van der Waals surface area contributed by atoms with Crippen LogP contribution in [0.4, 0.5) is 17.6 Å². The number of hydrogen-bond acceptors (Lipinski definition) is 1. The fourth-order valence-electron chi connectivity index (χ4n) is 1.39. The minimum absolute atomic E-state index is 0.100. The number of hydrogen-bond donors (Lipinski definition) is 1. The summed E-state index contributed by atoms with van der Waals surface area (Å²) in [5, 5.41) is 2.37. The molecule has 106 valence electrons. The highest BCUT2D eigenvalue weighted by Gasteiger charge is 2.32. The number of carbonyl (C=O) groups is 1. The van der Waals surface area contributed by atoms with E-state index in [1.807, 2.05) is 0 Å². The van der Waals surface area contributed by atoms with Gasteiger partial charge in [-0.15, -0.1) is 11.6 Å². The van der Waals surface area contributed by atoms with E-state index >= 15 is 0 Å². The zero-order chi connectivity index (χ0) is 14.6. The third kappa shape index (κ3) is 4.09. The SMILES string of the molecule is CCC(CCl)NC(=O)c1cc(C(F)(F)F)ccc1F. The van der Waals surface area contributed by atoms with Gasteiger partial charge in [-0.25, -0.2) is 4.39 Å². The van der Waals surface area contributed by atoms with E-state index in [1.54, 1.807) is 6.92 Å². The first-order valence-corrected chi connectivity index (χ1v) is 6.06. The molecule has 0 fully saturated rings. The Kier molecular flexibility index (Phi) is 5.17. The average Bonchev–Trinajstić information content (AvgIpc) is 2.34. The maximum atomic E-state index is 13.4. The summed E-state index contributed by atoms with van der Waals surface area (Å²) in [7, 11) is 0. The highest BCUT2D eigenvalue weighted by molar-refractivity contribution is 6.18. The van der Waals surface area contributed by atoms with Gasteiger partial charge in [-0.3, -0.25) is 4.79 Å². The summed E-state index contributed by atoms with van der Waals surface area (Å²) < 4.78 is 50.9. The van der Waals surface area contributed by atoms with Crippen molar-refractivity contribution in [1.29, 1.82) is 0 Å². The Labute approximate surface area is 112 Å². The average molecular weight is 298 g/mol. The smallest absolute Gasteiger partial charge is 0.348 e. The van der Waals surface area contributed by atoms with Crippen molar-refractivity contribution in [2.75, 3.05) is 5.88 Å². The van der Waals surface area contributed by atoms with E-state index in [4.69, 9.17) is 11.6 Å². The zero-order valence-electron chi connectivity index (χ0n) is 10.0. The molecule has 1 aromatic carbocycles. The predicted molar refractivity (Wildman–Crippen MR) is 63.7 cm³/mol. The molecule has 1 unspecified atom stereocenters. The molecular weight excluding hydrogens is 286 g/mol. The van der Waals surface area contributed by atoms with Crippen LogP contribution in [0.1, 0.15) is 29.3 Å². The number of halogens is 5. The van der Waals surface area contributed by atoms with Crippen LogP contribution in [0.25, 0.3) is 0 Å². The van der Waals surface area contributed by atoms with Crippen LogP contribution in [-0.2, 0) is 6.18 Å². The summed E-state index contributed by atoms with van der Waals surface area (Å²) in [5.41, 5.74) is -1.71. The van der Waals surface area contributed by atoms with Gasteiger partial charge in [0.05, 0.1) is 11.1 Å². The second-order valence-corrected chi connectivity index (χ2v) is 4.23. The van der Waals surface area contributed by atoms with Crippen LogP contribution in [0.15, 0.2) is 18.2 Å². The van der Waals surface area contributed by atoms with Gasteiger partial charge in [0.1, 0.15) is 5.82 Å². The van der Waals surface area contributed by atoms with Crippen LogP contribution in [0.3, 0.4) is 0 Å². The first-order chi connectivity index (χ1) is 8.79. The molecule has 0 saturated heterocycles. The van der Waals surface area contributed by atoms with Gasteiger partial charge in [-0.1, -0.05) is 6.92 Å². The van der Waals surface area contributed by atoms with Gasteiger partial charge in [0, 0.05) is 11.9 Å². The summed E-state index contributed by atoms with van der Waals surface area (Å²) in [6.45, 7) is 1.75. The number of rotatable bonds is 4. The molecule has 0 aliphatic rings. The number of nitrogens with one attached hydrogen (secondary N) is 1. The molecule has 1 rings (SSSR count). The predicted octanol–water partition coefficient (Wildman–Crippen LogP) is 3.59. The van der Waals surface area contributed by atoms with Crippen LogP contribution < -0.4 is 5.32 Å². The molecule has 7 heteroatoms. The molecule has 0 spiro atoms. The van der Waals surface area contributed by atoms with Crippen molar-refractivity contribution in [3.8, 4) is 0 Å². The number of alkyl halides is 4. The molecule has 0 bridgehead atoms. The maximum Gasteiger partial charge on any atom is 0.416 e. The lowest BCUT2D eigenvalue weighted by Crippen LogP contribution is -2.36. The van der Waals surface area contributed by atoms with Crippen LogP contribution >= 0.6 is 11.6 Å². The molecule has 0 saturated carbocycles. The Morgan fingerprint density at radius 1 is 1.42 bits per heavy atom. The minimum Gasteiger partial charge on any atom is -0.348 e. The molecule has 1 atom stereocenters. The third-order valence-corrected chi connectivity index (χ3v) is 2.93. The molecule has 2 nitrogen and oxygen atoms in total. The first kappa shape index (κ1) is 15.8. The van der Waals surface area contributed by atoms with E-state index in [1.165, 1.54) is 0 Å². The largest absolute Gasteiger partial charge is 0.416 e. The second kappa shape index (κ2) is 6.23. The standard InChI is InChI=1S/C12H12ClF4NO/c1-2-8(6-13)18-11(19)9-5-7(12(15,16)17)3-4-10(9)14/h3-5,8H,2,6H2,1H3,(H,18,19). The van der Waals surface area contributed by atoms with Gasteiger partial charge in [-0.05, 0) is 24.6 Å². The highest BCUT2D eigenvalue weighted by Crippen LogP contribution is 2.30. The Balaban J connectivity index is 3.02. The number of amides is 1. The highest BCUT2D eigenvalue weighted by atomic mass is 35.5. The lowest BCUT2D eigenvalue weighted by atomic mass is 10.1. The van der Waals surface area contributed by atoms with Crippen molar-refractivity contribution >= 4 is 17.5 Å². The van der Waals surface area contributed by atoms with Crippen LogP contribution in [-0.4, -0.2) is 17.8 Å². The van der Waals surface area contributed by atoms with Gasteiger partial charge in [0.15, 0.2) is 0 Å². The van der Waals surface area contributed by atoms with Crippen LogP contribution in [0.5, 0.6) is 0 Å². The molecule has 0 heterocycles. The number of benzene rings is 1. The number of carbonyl (C=O) groups excluding carboxylic acids is 1. The van der Waals surface area contributed by atoms with Crippen molar-refractivity contribution < 1.29 is 22.4 Å². The topological polar surface area (TPSA) is 29.1 Å². The van der Waals surface area contributed by atoms with E-state index < -0.39 is 35.1 Å². The van der Waals surface area contributed by atoms with Gasteiger partial charge in [-0.2, -0.15) is 13.2 Å². The molecule has 0 radical (unpaired) electrons. The van der Waals surface area contributed by atoms with Crippen molar-refractivity contribution in [2.45, 2.75) is 25.6 Å². The monoisotopic (exact) mass is 297 g/mol. The third-order valence-electron chi connectivity index (χ3n) is 2.55. The fraction of sp³-hybridized carbons (Fsp3) is 0.417. The van der Waals surface area contributed by atoms with E-state index in [-0.39, 0.29) is 5.88 Å². The van der Waals surface area contributed by atoms with E-state index in [9.17, 15) is 22.4 Å². The van der Waals surface area contributed by atoms with Crippen molar-refractivity contribution in [3.63, 3.8) is 0 Å². The molecule has 19 heavy (non-hydrogen) atoms. The quantitative estimate of drug-likeness (QED) is 0.668. The van der Waals surface area contributed by atoms with E-state index in [0.29, 0.717) is 24.6 Å². The first-order valence-electron chi connectivity index (χ1n) is 5.53. The summed E-state index contributed by atoms with van der Waals surface area (Å²) in [4.78, 5) is 11.7. The Hall–Kier alpha value is -1.30. The van der Waals surface area contributed by atoms with Crippen molar-refractivity contribution in [2.24, 2.45) is 0 Å². The normalized spacial score (nSPS) is 13.2. The molecule has 1 N–H and O–H groups in total. The molecular formula is C12H12ClF4NO. The van der Waals surface area contributed by atoms with E-state index in [2.05, 4.69) is 5.32 Å². The lowest BCUT2D eigenvalue weighted by molar-refractivity contribution is -0.137. The molecule has 0 aliphatic carbocycles. The van der Waals surface area contributed by atoms with Gasteiger partial charge in [0.2, 0.25) is 0 Å². The van der Waals surface area contributed by atoms with Crippen LogP contribution in [0, 0.1) is 5.82 Å². The Bertz CT molecular complexity index is 458. The van der Waals surface area contributed by atoms with E-state index in [0.717, 1.165) is 0 Å². The van der Waals surface area contributed by atoms with Gasteiger partial charge < -0.3 is 5.32 Å². The Morgan fingerprint density at radius 3 is 2.53 bits per heavy atom. The summed E-state index contributed by atoms with van der Waals surface area (Å²) in [6, 6.07) is 1.29. The fourth-order valence-corrected chi connectivity index (χ4v) is 1.68. The van der Waals surface area contributed by atoms with Gasteiger partial charge >= 0.3 is 6.18 Å². The maximum absolute atomic E-state index is 13.4. The molecule has 0 aliphatic heterocycles. The molecule has 0 aromatic heterocycles. The molecule has 1 aromatic rings. The summed E-state index contributed by atoms with van der Waals surface area (Å²) >= 11 is 5.55. The Morgan fingerprint density at radius 2 is 2.05 bits per heavy atom. The lowest BCUT2D eigenvalue weighted by Gasteiger charge is -2.15. The zero-order valence-corrected chi connectivity index (χ0v) is 10.8. The minimum atomic E-state index is -4.63. The van der Waals surface area contributed by atoms with Crippen molar-refractivity contribution in [3.05, 3.63) is 35.1 Å². The summed E-state index contributed by atoms with van der Waals surface area (Å²) in [6.07, 6.45) is -4.13. The summed E-state index contributed by atoms with van der Waals surface area (Å²) in [5.74, 6) is -1.81. The van der Waals surface area contributed by atoms with Gasteiger partial charge in [0.25, 0.3) is 5.91 Å². The van der Waals surface area contributed by atoms with Crippen LogP contribution in [0.2, 0.25) is 0 Å². The second-order valence-electron chi connectivity index (χ2n) is 3.93. The van der Waals surface area contributed by atoms with Crippen molar-refractivity contribution in [1.82, 2.24) is 5.32 Å². The molecule has 1 amide bonds.